The molecule has 0 radical (unpaired) electrons. The summed E-state index contributed by atoms with van der Waals surface area (Å²) in [5.74, 6) is 1.61. The van der Waals surface area contributed by atoms with E-state index in [1.165, 1.54) is 17.7 Å². The highest BCUT2D eigenvalue weighted by Gasteiger charge is 2.14. The first-order valence-corrected chi connectivity index (χ1v) is 7.97. The number of nitrogens with zero attached hydrogens (tertiary/aromatic N) is 2. The van der Waals surface area contributed by atoms with Crippen molar-refractivity contribution >= 4 is 22.3 Å². The number of anilines is 2. The van der Waals surface area contributed by atoms with E-state index in [9.17, 15) is 0 Å². The third-order valence-corrected chi connectivity index (χ3v) is 4.39. The summed E-state index contributed by atoms with van der Waals surface area (Å²) in [7, 11) is 0. The molecule has 1 aliphatic heterocycles. The number of hydrogen-bond donors (Lipinski definition) is 2. The first-order valence-electron chi connectivity index (χ1n) is 7.16. The lowest BCUT2D eigenvalue weighted by Gasteiger charge is -2.22. The average Bonchev–Trinajstić information content (AvgIpc) is 2.86. The number of rotatable bonds is 4. The molecule has 3 rings (SSSR count). The Bertz CT molecular complexity index is 561. The molecule has 1 aliphatic rings. The molecule has 0 amide bonds. The third-order valence-electron chi connectivity index (χ3n) is 3.56. The summed E-state index contributed by atoms with van der Waals surface area (Å²) < 4.78 is 0. The Morgan fingerprint density at radius 1 is 1.45 bits per heavy atom. The van der Waals surface area contributed by atoms with E-state index in [0.717, 1.165) is 36.2 Å². The van der Waals surface area contributed by atoms with Gasteiger partial charge < -0.3 is 10.6 Å². The third kappa shape index (κ3) is 3.55. The van der Waals surface area contributed by atoms with Crippen LogP contribution in [0.5, 0.6) is 0 Å². The maximum absolute atomic E-state index is 4.70. The zero-order valence-electron chi connectivity index (χ0n) is 11.7. The number of hydrogen-bond acceptors (Lipinski definition) is 5. The van der Waals surface area contributed by atoms with Gasteiger partial charge in [-0.3, -0.25) is 0 Å². The summed E-state index contributed by atoms with van der Waals surface area (Å²) in [5.41, 5.74) is 1.16. The first kappa shape index (κ1) is 13.5. The number of pyridine rings is 1. The summed E-state index contributed by atoms with van der Waals surface area (Å²) in [5, 5.41) is 7.65. The van der Waals surface area contributed by atoms with E-state index < -0.39 is 0 Å². The van der Waals surface area contributed by atoms with E-state index in [1.807, 2.05) is 12.3 Å². The summed E-state index contributed by atoms with van der Waals surface area (Å²) >= 11 is 1.65. The lowest BCUT2D eigenvalue weighted by atomic mass is 9.94. The summed E-state index contributed by atoms with van der Waals surface area (Å²) in [6, 6.07) is 6.19. The van der Waals surface area contributed by atoms with Crippen molar-refractivity contribution in [2.45, 2.75) is 26.2 Å². The van der Waals surface area contributed by atoms with E-state index in [0.29, 0.717) is 5.92 Å². The molecule has 0 spiro atoms. The fourth-order valence-corrected chi connectivity index (χ4v) is 3.25. The molecule has 2 aromatic heterocycles. The van der Waals surface area contributed by atoms with Crippen LogP contribution in [0.25, 0.3) is 0 Å². The second kappa shape index (κ2) is 6.33. The number of thiazole rings is 1. The van der Waals surface area contributed by atoms with Crippen LogP contribution in [0.3, 0.4) is 0 Å². The molecule has 0 unspecified atom stereocenters. The molecule has 2 N–H and O–H groups in total. The van der Waals surface area contributed by atoms with E-state index in [2.05, 4.69) is 34.7 Å². The van der Waals surface area contributed by atoms with Crippen molar-refractivity contribution in [1.29, 1.82) is 0 Å². The maximum Gasteiger partial charge on any atom is 0.188 e. The first-order chi connectivity index (χ1) is 9.79. The molecule has 0 bridgehead atoms. The van der Waals surface area contributed by atoms with E-state index in [-0.39, 0.29) is 0 Å². The molecular weight excluding hydrogens is 268 g/mol. The van der Waals surface area contributed by atoms with Gasteiger partial charge in [-0.15, -0.1) is 11.3 Å². The molecule has 0 aromatic carbocycles. The molecule has 4 nitrogen and oxygen atoms in total. The molecule has 2 aromatic rings. The van der Waals surface area contributed by atoms with E-state index >= 15 is 0 Å². The topological polar surface area (TPSA) is 49.8 Å². The van der Waals surface area contributed by atoms with Gasteiger partial charge >= 0.3 is 0 Å². The minimum atomic E-state index is 0.716. The van der Waals surface area contributed by atoms with Gasteiger partial charge in [-0.2, -0.15) is 0 Å². The highest BCUT2D eigenvalue weighted by molar-refractivity contribution is 7.15. The van der Waals surface area contributed by atoms with Gasteiger partial charge in [-0.1, -0.05) is 6.07 Å². The SMILES string of the molecule is Cc1cnc(Nc2cccc(C[C@@H]3CCCNC3)n2)s1. The predicted molar refractivity (Wildman–Crippen MR) is 83.7 cm³/mol. The van der Waals surface area contributed by atoms with Gasteiger partial charge in [0, 0.05) is 16.8 Å². The Hall–Kier alpha value is -1.46. The summed E-state index contributed by atoms with van der Waals surface area (Å²) in [6.45, 7) is 4.34. The van der Waals surface area contributed by atoms with Crippen molar-refractivity contribution in [3.8, 4) is 0 Å². The highest BCUT2D eigenvalue weighted by Crippen LogP contribution is 2.21. The Kier molecular flexibility index (Phi) is 4.28. The number of aryl methyl sites for hydroxylation is 1. The Morgan fingerprint density at radius 3 is 3.15 bits per heavy atom. The van der Waals surface area contributed by atoms with E-state index in [4.69, 9.17) is 4.98 Å². The van der Waals surface area contributed by atoms with Gasteiger partial charge in [0.1, 0.15) is 5.82 Å². The van der Waals surface area contributed by atoms with Crippen LogP contribution in [0.1, 0.15) is 23.4 Å². The van der Waals surface area contributed by atoms with Crippen LogP contribution >= 0.6 is 11.3 Å². The van der Waals surface area contributed by atoms with Crippen LogP contribution in [0.2, 0.25) is 0 Å². The van der Waals surface area contributed by atoms with Crippen molar-refractivity contribution < 1.29 is 0 Å². The normalized spacial score (nSPS) is 18.9. The predicted octanol–water partition coefficient (Wildman–Crippen LogP) is 3.13. The molecule has 3 heterocycles. The fraction of sp³-hybridized carbons (Fsp3) is 0.467. The van der Waals surface area contributed by atoms with Gasteiger partial charge in [0.05, 0.1) is 0 Å². The van der Waals surface area contributed by atoms with Crippen molar-refractivity contribution in [2.75, 3.05) is 18.4 Å². The number of piperidine rings is 1. The van der Waals surface area contributed by atoms with Crippen LogP contribution in [-0.2, 0) is 6.42 Å². The Balaban J connectivity index is 1.65. The molecule has 5 heteroatoms. The second-order valence-electron chi connectivity index (χ2n) is 5.33. The van der Waals surface area contributed by atoms with Crippen LogP contribution < -0.4 is 10.6 Å². The quantitative estimate of drug-likeness (QED) is 0.907. The van der Waals surface area contributed by atoms with Crippen molar-refractivity contribution in [3.63, 3.8) is 0 Å². The van der Waals surface area contributed by atoms with Gasteiger partial charge in [0.2, 0.25) is 0 Å². The largest absolute Gasteiger partial charge is 0.316 e. The number of aromatic nitrogens is 2. The van der Waals surface area contributed by atoms with Crippen LogP contribution in [-0.4, -0.2) is 23.1 Å². The zero-order chi connectivity index (χ0) is 13.8. The van der Waals surface area contributed by atoms with Gasteiger partial charge in [-0.25, -0.2) is 9.97 Å². The van der Waals surface area contributed by atoms with Gasteiger partial charge in [-0.05, 0) is 57.3 Å². The molecule has 1 fully saturated rings. The smallest absolute Gasteiger partial charge is 0.188 e. The lowest BCUT2D eigenvalue weighted by Crippen LogP contribution is -2.31. The zero-order valence-corrected chi connectivity index (χ0v) is 12.5. The fourth-order valence-electron chi connectivity index (χ4n) is 2.58. The van der Waals surface area contributed by atoms with Crippen molar-refractivity contribution in [3.05, 3.63) is 35.0 Å². The number of nitrogens with one attached hydrogen (secondary N) is 2. The standard InChI is InChI=1S/C15H20N4S/c1-11-9-17-15(20-11)19-14-6-2-5-13(18-14)8-12-4-3-7-16-10-12/h2,5-6,9,12,16H,3-4,7-8,10H2,1H3,(H,17,18,19)/t12-/m0/s1. The van der Waals surface area contributed by atoms with Crippen molar-refractivity contribution in [1.82, 2.24) is 15.3 Å². The Morgan fingerprint density at radius 2 is 2.40 bits per heavy atom. The minimum Gasteiger partial charge on any atom is -0.316 e. The maximum atomic E-state index is 4.70. The summed E-state index contributed by atoms with van der Waals surface area (Å²) in [4.78, 5) is 10.2. The molecule has 1 atom stereocenters. The van der Waals surface area contributed by atoms with Crippen LogP contribution in [0.4, 0.5) is 10.9 Å². The van der Waals surface area contributed by atoms with E-state index in [1.54, 1.807) is 11.3 Å². The lowest BCUT2D eigenvalue weighted by molar-refractivity contribution is 0.373. The summed E-state index contributed by atoms with van der Waals surface area (Å²) in [6.07, 6.45) is 5.52. The Labute approximate surface area is 123 Å². The monoisotopic (exact) mass is 288 g/mol. The molecular formula is C15H20N4S. The second-order valence-corrected chi connectivity index (χ2v) is 6.57. The molecule has 20 heavy (non-hydrogen) atoms. The van der Waals surface area contributed by atoms with Gasteiger partial charge in [0.15, 0.2) is 5.13 Å². The van der Waals surface area contributed by atoms with Crippen LogP contribution in [0.15, 0.2) is 24.4 Å². The average molecular weight is 288 g/mol. The highest BCUT2D eigenvalue weighted by atomic mass is 32.1. The van der Waals surface area contributed by atoms with Gasteiger partial charge in [0.25, 0.3) is 0 Å². The van der Waals surface area contributed by atoms with Crippen LogP contribution in [0, 0.1) is 12.8 Å². The molecule has 0 aliphatic carbocycles. The molecule has 1 saturated heterocycles. The minimum absolute atomic E-state index is 0.716. The molecule has 106 valence electrons. The molecule has 0 saturated carbocycles. The van der Waals surface area contributed by atoms with Crippen molar-refractivity contribution in [2.24, 2.45) is 5.92 Å².